The van der Waals surface area contributed by atoms with E-state index in [9.17, 15) is 15.0 Å². The number of amides is 1. The van der Waals surface area contributed by atoms with Crippen molar-refractivity contribution < 1.29 is 20.2 Å². The minimum atomic E-state index is -0.396. The van der Waals surface area contributed by atoms with Crippen molar-refractivity contribution in [3.63, 3.8) is 0 Å². The van der Waals surface area contributed by atoms with Crippen molar-refractivity contribution in [3.8, 4) is 11.5 Å². The second kappa shape index (κ2) is 5.81. The van der Waals surface area contributed by atoms with Gasteiger partial charge >= 0.3 is 0 Å². The minimum absolute atomic E-state index is 0.0251. The molecule has 1 atom stereocenters. The van der Waals surface area contributed by atoms with E-state index in [2.05, 4.69) is 5.16 Å². The van der Waals surface area contributed by atoms with Crippen LogP contribution in [0.5, 0.6) is 11.5 Å². The summed E-state index contributed by atoms with van der Waals surface area (Å²) in [5, 5.41) is 31.4. The van der Waals surface area contributed by atoms with E-state index in [1.807, 2.05) is 6.92 Å². The van der Waals surface area contributed by atoms with Gasteiger partial charge in [-0.2, -0.15) is 0 Å². The molecule has 1 heterocycles. The Labute approximate surface area is 116 Å². The van der Waals surface area contributed by atoms with E-state index in [0.29, 0.717) is 25.2 Å². The van der Waals surface area contributed by atoms with Crippen LogP contribution < -0.4 is 0 Å². The molecular weight excluding hydrogens is 260 g/mol. The summed E-state index contributed by atoms with van der Waals surface area (Å²) in [5.74, 6) is -1.00. The standard InChI is InChI=1S/C14H18N2O4/c1-2-9-8-16(7-6-11(9)15-20)14(19)10-4-3-5-12(17)13(10)18/h3-5,9,17-18,20H,2,6-8H2,1H3/b15-11+. The number of nitrogens with zero attached hydrogens (tertiary/aromatic N) is 2. The van der Waals surface area contributed by atoms with Gasteiger partial charge in [0.25, 0.3) is 5.91 Å². The van der Waals surface area contributed by atoms with Gasteiger partial charge in [0.1, 0.15) is 0 Å². The lowest BCUT2D eigenvalue weighted by Crippen LogP contribution is -2.44. The van der Waals surface area contributed by atoms with E-state index in [1.54, 1.807) is 4.90 Å². The molecule has 6 nitrogen and oxygen atoms in total. The summed E-state index contributed by atoms with van der Waals surface area (Å²) in [6.45, 7) is 2.85. The molecule has 20 heavy (non-hydrogen) atoms. The van der Waals surface area contributed by atoms with Crippen LogP contribution in [0.25, 0.3) is 0 Å². The van der Waals surface area contributed by atoms with E-state index >= 15 is 0 Å². The van der Waals surface area contributed by atoms with Crippen LogP contribution in [-0.4, -0.2) is 45.0 Å². The number of phenolic OH excluding ortho intramolecular Hbond substituents is 2. The Hall–Kier alpha value is -2.24. The van der Waals surface area contributed by atoms with Crippen LogP contribution in [0.2, 0.25) is 0 Å². The Morgan fingerprint density at radius 3 is 2.85 bits per heavy atom. The molecule has 1 fully saturated rings. The molecule has 1 aliphatic rings. The second-order valence-corrected chi connectivity index (χ2v) is 4.87. The molecule has 0 aromatic heterocycles. The molecule has 6 heteroatoms. The molecule has 2 rings (SSSR count). The number of rotatable bonds is 2. The Morgan fingerprint density at radius 2 is 2.20 bits per heavy atom. The van der Waals surface area contributed by atoms with Crippen LogP contribution in [0.3, 0.4) is 0 Å². The molecule has 0 aliphatic carbocycles. The third-order valence-electron chi connectivity index (χ3n) is 3.70. The number of hydrogen-bond donors (Lipinski definition) is 3. The van der Waals surface area contributed by atoms with E-state index < -0.39 is 5.75 Å². The molecule has 1 aromatic rings. The van der Waals surface area contributed by atoms with Crippen LogP contribution >= 0.6 is 0 Å². The topological polar surface area (TPSA) is 93.4 Å². The normalized spacial score (nSPS) is 21.1. The monoisotopic (exact) mass is 278 g/mol. The van der Waals surface area contributed by atoms with Gasteiger partial charge in [0, 0.05) is 25.4 Å². The zero-order valence-corrected chi connectivity index (χ0v) is 11.3. The summed E-state index contributed by atoms with van der Waals surface area (Å²) in [5.41, 5.74) is 0.793. The Balaban J connectivity index is 2.20. The minimum Gasteiger partial charge on any atom is -0.504 e. The fourth-order valence-electron chi connectivity index (χ4n) is 2.47. The number of likely N-dealkylation sites (tertiary alicyclic amines) is 1. The molecule has 1 aliphatic heterocycles. The van der Waals surface area contributed by atoms with Crippen molar-refractivity contribution in [1.29, 1.82) is 0 Å². The largest absolute Gasteiger partial charge is 0.504 e. The average molecular weight is 278 g/mol. The summed E-state index contributed by atoms with van der Waals surface area (Å²) in [6.07, 6.45) is 1.29. The zero-order valence-electron chi connectivity index (χ0n) is 11.3. The lowest BCUT2D eigenvalue weighted by atomic mass is 9.93. The van der Waals surface area contributed by atoms with Crippen LogP contribution in [0.1, 0.15) is 30.1 Å². The maximum absolute atomic E-state index is 12.4. The second-order valence-electron chi connectivity index (χ2n) is 4.87. The highest BCUT2D eigenvalue weighted by atomic mass is 16.4. The molecule has 1 saturated heterocycles. The number of aromatic hydroxyl groups is 2. The van der Waals surface area contributed by atoms with Gasteiger partial charge in [0.2, 0.25) is 0 Å². The number of benzene rings is 1. The first-order chi connectivity index (χ1) is 9.58. The summed E-state index contributed by atoms with van der Waals surface area (Å²) in [6, 6.07) is 4.33. The zero-order chi connectivity index (χ0) is 14.7. The van der Waals surface area contributed by atoms with E-state index in [-0.39, 0.29) is 23.1 Å². The number of para-hydroxylation sites is 1. The number of piperidine rings is 1. The Bertz CT molecular complexity index is 542. The number of carbonyl (C=O) groups is 1. The van der Waals surface area contributed by atoms with Gasteiger partial charge in [-0.15, -0.1) is 0 Å². The Morgan fingerprint density at radius 1 is 1.45 bits per heavy atom. The first-order valence-electron chi connectivity index (χ1n) is 6.59. The summed E-state index contributed by atoms with van der Waals surface area (Å²) >= 11 is 0. The van der Waals surface area contributed by atoms with Gasteiger partial charge in [-0.25, -0.2) is 0 Å². The lowest BCUT2D eigenvalue weighted by molar-refractivity contribution is 0.0725. The van der Waals surface area contributed by atoms with Crippen molar-refractivity contribution >= 4 is 11.6 Å². The van der Waals surface area contributed by atoms with Gasteiger partial charge in [-0.1, -0.05) is 18.1 Å². The van der Waals surface area contributed by atoms with Crippen LogP contribution in [0.4, 0.5) is 0 Å². The number of phenols is 2. The Kier molecular flexibility index (Phi) is 4.12. The van der Waals surface area contributed by atoms with Gasteiger partial charge in [0.05, 0.1) is 11.3 Å². The highest BCUT2D eigenvalue weighted by molar-refractivity contribution is 5.99. The molecule has 3 N–H and O–H groups in total. The maximum atomic E-state index is 12.4. The van der Waals surface area contributed by atoms with Crippen molar-refractivity contribution in [1.82, 2.24) is 4.90 Å². The molecule has 1 aromatic carbocycles. The predicted molar refractivity (Wildman–Crippen MR) is 73.3 cm³/mol. The lowest BCUT2D eigenvalue weighted by Gasteiger charge is -2.33. The fraction of sp³-hybridized carbons (Fsp3) is 0.429. The third-order valence-corrected chi connectivity index (χ3v) is 3.70. The smallest absolute Gasteiger partial charge is 0.257 e. The molecule has 0 radical (unpaired) electrons. The van der Waals surface area contributed by atoms with Gasteiger partial charge in [-0.05, 0) is 18.6 Å². The molecule has 1 amide bonds. The summed E-state index contributed by atoms with van der Waals surface area (Å²) in [4.78, 5) is 14.0. The first kappa shape index (κ1) is 14.2. The van der Waals surface area contributed by atoms with Gasteiger partial charge in [0.15, 0.2) is 11.5 Å². The van der Waals surface area contributed by atoms with Crippen molar-refractivity contribution in [2.75, 3.05) is 13.1 Å². The quantitative estimate of drug-likeness (QED) is 0.437. The first-order valence-corrected chi connectivity index (χ1v) is 6.59. The highest BCUT2D eigenvalue weighted by Crippen LogP contribution is 2.30. The SMILES string of the molecule is CCC1CN(C(=O)c2cccc(O)c2O)CC/C1=N\O. The van der Waals surface area contributed by atoms with E-state index in [0.717, 1.165) is 6.42 Å². The van der Waals surface area contributed by atoms with E-state index in [4.69, 9.17) is 5.21 Å². The summed E-state index contributed by atoms with van der Waals surface area (Å²) < 4.78 is 0. The fourth-order valence-corrected chi connectivity index (χ4v) is 2.47. The van der Waals surface area contributed by atoms with Gasteiger partial charge < -0.3 is 20.3 Å². The van der Waals surface area contributed by atoms with Crippen molar-refractivity contribution in [3.05, 3.63) is 23.8 Å². The van der Waals surface area contributed by atoms with Crippen molar-refractivity contribution in [2.24, 2.45) is 11.1 Å². The van der Waals surface area contributed by atoms with Crippen molar-refractivity contribution in [2.45, 2.75) is 19.8 Å². The van der Waals surface area contributed by atoms with Crippen LogP contribution in [-0.2, 0) is 0 Å². The molecule has 108 valence electrons. The highest BCUT2D eigenvalue weighted by Gasteiger charge is 2.29. The maximum Gasteiger partial charge on any atom is 0.257 e. The number of oxime groups is 1. The average Bonchev–Trinajstić information content (AvgIpc) is 2.48. The van der Waals surface area contributed by atoms with Crippen LogP contribution in [0, 0.1) is 5.92 Å². The molecule has 0 saturated carbocycles. The number of hydrogen-bond acceptors (Lipinski definition) is 5. The summed E-state index contributed by atoms with van der Waals surface area (Å²) in [7, 11) is 0. The van der Waals surface area contributed by atoms with Crippen LogP contribution in [0.15, 0.2) is 23.4 Å². The molecule has 0 bridgehead atoms. The molecule has 0 spiro atoms. The third kappa shape index (κ3) is 2.54. The van der Waals surface area contributed by atoms with E-state index in [1.165, 1.54) is 18.2 Å². The van der Waals surface area contributed by atoms with Gasteiger partial charge in [-0.3, -0.25) is 4.79 Å². The molecule has 1 unspecified atom stereocenters. The number of carbonyl (C=O) groups excluding carboxylic acids is 1. The molecular formula is C14H18N2O4. The predicted octanol–water partition coefficient (Wildman–Crippen LogP) is 1.80.